The van der Waals surface area contributed by atoms with Crippen molar-refractivity contribution in [2.24, 2.45) is 0 Å². The molecule has 154 valence electrons. The second kappa shape index (κ2) is 9.09. The van der Waals surface area contributed by atoms with Gasteiger partial charge in [-0.15, -0.1) is 0 Å². The van der Waals surface area contributed by atoms with Crippen LogP contribution in [0.5, 0.6) is 0 Å². The molecule has 0 aliphatic carbocycles. The zero-order valence-corrected chi connectivity index (χ0v) is 16.0. The quantitative estimate of drug-likeness (QED) is 0.544. The van der Waals surface area contributed by atoms with Crippen molar-refractivity contribution in [1.29, 1.82) is 0 Å². The van der Waals surface area contributed by atoms with E-state index < -0.39 is 18.1 Å². The summed E-state index contributed by atoms with van der Waals surface area (Å²) in [4.78, 5) is 28.8. The Morgan fingerprint density at radius 2 is 1.89 bits per heavy atom. The highest BCUT2D eigenvalue weighted by Crippen LogP contribution is 2.29. The van der Waals surface area contributed by atoms with Crippen molar-refractivity contribution in [2.45, 2.75) is 13.1 Å². The number of benzene rings is 1. The standard InChI is InChI=1S/C19H24F3N3O3/c1-4-12-28-17(26)15-13-14(23(3)18(27)19(20,21)22)6-7-16(15)25-10-8-24(5-2)9-11-25/h4,6-7,13H,1,5,8-12H2,2-3H3. The van der Waals surface area contributed by atoms with Crippen LogP contribution >= 0.6 is 0 Å². The van der Waals surface area contributed by atoms with E-state index in [1.54, 1.807) is 6.07 Å². The van der Waals surface area contributed by atoms with Gasteiger partial charge in [-0.25, -0.2) is 4.79 Å². The lowest BCUT2D eigenvalue weighted by molar-refractivity contribution is -0.170. The Hall–Kier alpha value is -2.55. The van der Waals surface area contributed by atoms with Gasteiger partial charge in [0.15, 0.2) is 0 Å². The Kier molecular flexibility index (Phi) is 7.06. The van der Waals surface area contributed by atoms with Crippen LogP contribution in [0.25, 0.3) is 0 Å². The number of rotatable bonds is 6. The number of halogens is 3. The molecular weight excluding hydrogens is 375 g/mol. The molecule has 0 N–H and O–H groups in total. The number of hydrogen-bond acceptors (Lipinski definition) is 5. The van der Waals surface area contributed by atoms with E-state index in [1.165, 1.54) is 18.2 Å². The Bertz CT molecular complexity index is 729. The monoisotopic (exact) mass is 399 g/mol. The molecule has 6 nitrogen and oxygen atoms in total. The number of esters is 1. The SMILES string of the molecule is C=CCOC(=O)c1cc(N(C)C(=O)C(F)(F)F)ccc1N1CCN(CC)CC1. The van der Waals surface area contributed by atoms with Gasteiger partial charge in [-0.1, -0.05) is 19.6 Å². The first-order valence-electron chi connectivity index (χ1n) is 8.93. The van der Waals surface area contributed by atoms with Gasteiger partial charge in [0.1, 0.15) is 6.61 Å². The molecule has 0 bridgehead atoms. The lowest BCUT2D eigenvalue weighted by Gasteiger charge is -2.36. The summed E-state index contributed by atoms with van der Waals surface area (Å²) in [6, 6.07) is 4.22. The van der Waals surface area contributed by atoms with E-state index in [0.29, 0.717) is 23.7 Å². The summed E-state index contributed by atoms with van der Waals surface area (Å²) in [6.45, 7) is 9.41. The number of amides is 1. The number of hydrogen-bond donors (Lipinski definition) is 0. The summed E-state index contributed by atoms with van der Waals surface area (Å²) in [7, 11) is 1.02. The fraction of sp³-hybridized carbons (Fsp3) is 0.474. The van der Waals surface area contributed by atoms with Crippen molar-refractivity contribution in [1.82, 2.24) is 4.90 Å². The third-order valence-electron chi connectivity index (χ3n) is 4.63. The molecule has 1 aromatic carbocycles. The zero-order chi connectivity index (χ0) is 20.9. The first-order valence-corrected chi connectivity index (χ1v) is 8.93. The molecule has 0 unspecified atom stereocenters. The predicted octanol–water partition coefficient (Wildman–Crippen LogP) is 2.70. The molecule has 28 heavy (non-hydrogen) atoms. The Morgan fingerprint density at radius 3 is 2.43 bits per heavy atom. The normalized spacial score (nSPS) is 15.2. The minimum atomic E-state index is -5.01. The molecule has 1 amide bonds. The summed E-state index contributed by atoms with van der Waals surface area (Å²) < 4.78 is 43.3. The average Bonchev–Trinajstić information content (AvgIpc) is 2.69. The fourth-order valence-corrected chi connectivity index (χ4v) is 3.00. The van der Waals surface area contributed by atoms with Gasteiger partial charge < -0.3 is 19.4 Å². The second-order valence-corrected chi connectivity index (χ2v) is 6.37. The summed E-state index contributed by atoms with van der Waals surface area (Å²) >= 11 is 0. The van der Waals surface area contributed by atoms with E-state index in [1.807, 2.05) is 4.90 Å². The predicted molar refractivity (Wildman–Crippen MR) is 101 cm³/mol. The van der Waals surface area contributed by atoms with Gasteiger partial charge in [0.05, 0.1) is 11.3 Å². The lowest BCUT2D eigenvalue weighted by atomic mass is 10.1. The van der Waals surface area contributed by atoms with Crippen molar-refractivity contribution in [2.75, 3.05) is 56.2 Å². The molecule has 0 aromatic heterocycles. The first-order chi connectivity index (χ1) is 13.2. The van der Waals surface area contributed by atoms with Crippen molar-refractivity contribution < 1.29 is 27.5 Å². The minimum absolute atomic E-state index is 0.0244. The zero-order valence-electron chi connectivity index (χ0n) is 16.0. The van der Waals surface area contributed by atoms with Crippen LogP contribution in [0.15, 0.2) is 30.9 Å². The maximum Gasteiger partial charge on any atom is 0.471 e. The molecule has 1 fully saturated rings. The summed E-state index contributed by atoms with van der Waals surface area (Å²) in [5, 5.41) is 0. The third-order valence-corrected chi connectivity index (χ3v) is 4.63. The van der Waals surface area contributed by atoms with E-state index >= 15 is 0 Å². The molecule has 0 saturated carbocycles. The van der Waals surface area contributed by atoms with Gasteiger partial charge >= 0.3 is 18.1 Å². The van der Waals surface area contributed by atoms with E-state index in [0.717, 1.165) is 26.7 Å². The number of carbonyl (C=O) groups is 2. The van der Waals surface area contributed by atoms with E-state index in [-0.39, 0.29) is 17.9 Å². The van der Waals surface area contributed by atoms with Gasteiger partial charge in [0, 0.05) is 38.9 Å². The Balaban J connectivity index is 2.36. The number of likely N-dealkylation sites (N-methyl/N-ethyl adjacent to an activating group) is 1. The number of ether oxygens (including phenoxy) is 1. The van der Waals surface area contributed by atoms with E-state index in [2.05, 4.69) is 18.4 Å². The highest BCUT2D eigenvalue weighted by atomic mass is 19.4. The summed E-state index contributed by atoms with van der Waals surface area (Å²) in [5.74, 6) is -2.69. The van der Waals surface area contributed by atoms with E-state index in [4.69, 9.17) is 4.74 Å². The fourth-order valence-electron chi connectivity index (χ4n) is 3.00. The van der Waals surface area contributed by atoms with Gasteiger partial charge in [0.25, 0.3) is 0 Å². The van der Waals surface area contributed by atoms with Crippen LogP contribution in [0.1, 0.15) is 17.3 Å². The molecule has 1 aromatic rings. The molecular formula is C19H24F3N3O3. The molecule has 1 aliphatic rings. The Morgan fingerprint density at radius 1 is 1.25 bits per heavy atom. The molecule has 9 heteroatoms. The molecule has 2 rings (SSSR count). The van der Waals surface area contributed by atoms with Gasteiger partial charge in [-0.05, 0) is 24.7 Å². The number of anilines is 2. The van der Waals surface area contributed by atoms with Crippen LogP contribution in [0.2, 0.25) is 0 Å². The maximum atomic E-state index is 12.7. The van der Waals surface area contributed by atoms with Crippen molar-refractivity contribution in [3.05, 3.63) is 36.4 Å². The van der Waals surface area contributed by atoms with Gasteiger partial charge in [-0.2, -0.15) is 13.2 Å². The van der Waals surface area contributed by atoms with Crippen LogP contribution in [0.4, 0.5) is 24.5 Å². The van der Waals surface area contributed by atoms with Gasteiger partial charge in [0.2, 0.25) is 0 Å². The van der Waals surface area contributed by atoms with Crippen LogP contribution in [-0.4, -0.2) is 69.3 Å². The third kappa shape index (κ3) is 5.03. The van der Waals surface area contributed by atoms with Crippen molar-refractivity contribution in [3.8, 4) is 0 Å². The molecule has 0 atom stereocenters. The highest BCUT2D eigenvalue weighted by Gasteiger charge is 2.42. The lowest BCUT2D eigenvalue weighted by Crippen LogP contribution is -2.46. The smallest absolute Gasteiger partial charge is 0.458 e. The van der Waals surface area contributed by atoms with Crippen molar-refractivity contribution in [3.63, 3.8) is 0 Å². The number of carbonyl (C=O) groups excluding carboxylic acids is 2. The number of alkyl halides is 3. The second-order valence-electron chi connectivity index (χ2n) is 6.37. The van der Waals surface area contributed by atoms with Crippen molar-refractivity contribution >= 4 is 23.3 Å². The maximum absolute atomic E-state index is 12.7. The summed E-state index contributed by atoms with van der Waals surface area (Å²) in [5.41, 5.74) is 0.649. The highest BCUT2D eigenvalue weighted by molar-refractivity contribution is 6.01. The van der Waals surface area contributed by atoms with Crippen LogP contribution < -0.4 is 9.80 Å². The van der Waals surface area contributed by atoms with Crippen LogP contribution in [0, 0.1) is 0 Å². The van der Waals surface area contributed by atoms with E-state index in [9.17, 15) is 22.8 Å². The molecule has 1 aliphatic heterocycles. The largest absolute Gasteiger partial charge is 0.471 e. The average molecular weight is 399 g/mol. The molecule has 1 saturated heterocycles. The first kappa shape index (κ1) is 21.7. The topological polar surface area (TPSA) is 53.1 Å². The molecule has 0 radical (unpaired) electrons. The number of piperazine rings is 1. The van der Waals surface area contributed by atoms with Crippen LogP contribution in [0.3, 0.4) is 0 Å². The molecule has 0 spiro atoms. The Labute approximate surface area is 162 Å². The minimum Gasteiger partial charge on any atom is -0.458 e. The van der Waals surface area contributed by atoms with Crippen LogP contribution in [-0.2, 0) is 9.53 Å². The summed E-state index contributed by atoms with van der Waals surface area (Å²) in [6.07, 6.45) is -3.60. The molecule has 1 heterocycles. The van der Waals surface area contributed by atoms with Gasteiger partial charge in [-0.3, -0.25) is 4.79 Å². The number of nitrogens with zero attached hydrogens (tertiary/aromatic N) is 3.